The molecule has 2 rings (SSSR count). The zero-order valence-corrected chi connectivity index (χ0v) is 11.2. The van der Waals surface area contributed by atoms with Crippen molar-refractivity contribution in [3.05, 3.63) is 26.6 Å². The fraction of sp³-hybridized carbons (Fsp3) is 0.455. The number of esters is 1. The molecule has 1 aliphatic rings. The van der Waals surface area contributed by atoms with Crippen LogP contribution in [-0.2, 0) is 16.0 Å². The van der Waals surface area contributed by atoms with Crippen molar-refractivity contribution in [3.8, 4) is 0 Å². The number of aromatic amines is 1. The van der Waals surface area contributed by atoms with E-state index in [4.69, 9.17) is 4.74 Å². The predicted octanol–water partition coefficient (Wildman–Crippen LogP) is 1.43. The summed E-state index contributed by atoms with van der Waals surface area (Å²) in [7, 11) is 0. The summed E-state index contributed by atoms with van der Waals surface area (Å²) in [6, 6.07) is 0. The highest BCUT2D eigenvalue weighted by molar-refractivity contribution is 9.10. The Bertz CT molecular complexity index is 526. The van der Waals surface area contributed by atoms with Gasteiger partial charge in [-0.05, 0) is 35.3 Å². The second-order valence-electron chi connectivity index (χ2n) is 4.17. The summed E-state index contributed by atoms with van der Waals surface area (Å²) in [5.74, 6) is -0.345. The first-order valence-corrected chi connectivity index (χ1v) is 6.12. The van der Waals surface area contributed by atoms with Gasteiger partial charge in [0.05, 0.1) is 6.61 Å². The first-order valence-electron chi connectivity index (χ1n) is 5.33. The van der Waals surface area contributed by atoms with Crippen molar-refractivity contribution >= 4 is 27.6 Å². The molecule has 0 spiro atoms. The topological polar surface area (TPSA) is 71.2 Å². The van der Waals surface area contributed by atoms with Gasteiger partial charge in [-0.15, -0.1) is 0 Å². The van der Waals surface area contributed by atoms with Crippen LogP contribution >= 0.6 is 15.9 Å². The van der Waals surface area contributed by atoms with Crippen LogP contribution in [0, 0.1) is 0 Å². The summed E-state index contributed by atoms with van der Waals surface area (Å²) < 4.78 is 5.80. The van der Waals surface area contributed by atoms with Crippen LogP contribution < -0.4 is 10.9 Å². The number of H-pyrrole nitrogens is 1. The van der Waals surface area contributed by atoms with Crippen molar-refractivity contribution in [2.75, 3.05) is 11.9 Å². The van der Waals surface area contributed by atoms with Crippen molar-refractivity contribution in [2.45, 2.75) is 25.8 Å². The van der Waals surface area contributed by atoms with E-state index in [-0.39, 0.29) is 11.5 Å². The monoisotopic (exact) mass is 300 g/mol. The van der Waals surface area contributed by atoms with Crippen LogP contribution in [0.15, 0.2) is 15.5 Å². The lowest BCUT2D eigenvalue weighted by Crippen LogP contribution is -2.43. The van der Waals surface area contributed by atoms with E-state index in [9.17, 15) is 9.59 Å². The zero-order valence-electron chi connectivity index (χ0n) is 9.59. The molecule has 92 valence electrons. The average molecular weight is 301 g/mol. The molecule has 1 unspecified atom stereocenters. The summed E-state index contributed by atoms with van der Waals surface area (Å²) in [5, 5.41) is 2.96. The third-order valence-electron chi connectivity index (χ3n) is 2.80. The summed E-state index contributed by atoms with van der Waals surface area (Å²) in [6.45, 7) is 3.81. The molecule has 0 radical (unpaired) electrons. The molecular formula is C11H13BrN2O3. The van der Waals surface area contributed by atoms with Gasteiger partial charge in [0.2, 0.25) is 0 Å². The number of pyridine rings is 1. The molecule has 0 aliphatic carbocycles. The normalized spacial score (nSPS) is 21.8. The number of aromatic nitrogens is 1. The number of fused-ring (bicyclic) bond motifs is 1. The van der Waals surface area contributed by atoms with Gasteiger partial charge in [-0.1, -0.05) is 0 Å². The molecular weight excluding hydrogens is 288 g/mol. The van der Waals surface area contributed by atoms with Crippen molar-refractivity contribution in [1.29, 1.82) is 0 Å². The van der Waals surface area contributed by atoms with Crippen LogP contribution in [0.4, 0.5) is 5.69 Å². The summed E-state index contributed by atoms with van der Waals surface area (Å²) >= 11 is 3.36. The Kier molecular flexibility index (Phi) is 2.99. The van der Waals surface area contributed by atoms with Gasteiger partial charge in [-0.25, -0.2) is 4.79 Å². The maximum absolute atomic E-state index is 11.8. The van der Waals surface area contributed by atoms with Gasteiger partial charge in [-0.2, -0.15) is 0 Å². The van der Waals surface area contributed by atoms with Gasteiger partial charge in [0.25, 0.3) is 5.56 Å². The maximum atomic E-state index is 11.8. The molecule has 5 nitrogen and oxygen atoms in total. The standard InChI is InChI=1S/C11H13BrN2O3/c1-3-17-10(16)11(2)4-6-7(12)5-13-9(15)8(6)14-11/h5,14H,3-4H2,1-2H3,(H,13,15). The lowest BCUT2D eigenvalue weighted by molar-refractivity contribution is -0.147. The Labute approximate surface area is 107 Å². The quantitative estimate of drug-likeness (QED) is 0.811. The number of ether oxygens (including phenoxy) is 1. The van der Waals surface area contributed by atoms with Gasteiger partial charge in [0, 0.05) is 17.1 Å². The minimum atomic E-state index is -0.866. The second-order valence-corrected chi connectivity index (χ2v) is 5.03. The van der Waals surface area contributed by atoms with Gasteiger partial charge >= 0.3 is 5.97 Å². The SMILES string of the molecule is CCOC(=O)C1(C)Cc2c(Br)c[nH]c(=O)c2N1. The number of hydrogen-bond donors (Lipinski definition) is 2. The third kappa shape index (κ3) is 1.97. The number of carbonyl (C=O) groups excluding carboxylic acids is 1. The molecule has 0 aromatic carbocycles. The highest BCUT2D eigenvalue weighted by atomic mass is 79.9. The number of hydrogen-bond acceptors (Lipinski definition) is 4. The Morgan fingerprint density at radius 1 is 1.65 bits per heavy atom. The molecule has 0 amide bonds. The van der Waals surface area contributed by atoms with Crippen molar-refractivity contribution in [3.63, 3.8) is 0 Å². The van der Waals surface area contributed by atoms with E-state index in [2.05, 4.69) is 26.2 Å². The van der Waals surface area contributed by atoms with Gasteiger partial charge in [0.15, 0.2) is 0 Å². The maximum Gasteiger partial charge on any atom is 0.331 e. The Morgan fingerprint density at radius 2 is 2.35 bits per heavy atom. The molecule has 1 aromatic heterocycles. The Hall–Kier alpha value is -1.30. The number of rotatable bonds is 2. The number of carbonyl (C=O) groups is 1. The molecule has 1 aromatic rings. The summed E-state index contributed by atoms with van der Waals surface area (Å²) in [4.78, 5) is 26.1. The van der Waals surface area contributed by atoms with Crippen LogP contribution in [0.1, 0.15) is 19.4 Å². The van der Waals surface area contributed by atoms with Crippen molar-refractivity contribution < 1.29 is 9.53 Å². The fourth-order valence-corrected chi connectivity index (χ4v) is 2.39. The number of halogens is 1. The van der Waals surface area contributed by atoms with E-state index in [1.807, 2.05) is 0 Å². The Balaban J connectivity index is 2.39. The molecule has 1 aliphatic heterocycles. The van der Waals surface area contributed by atoms with Gasteiger partial charge in [0.1, 0.15) is 11.2 Å². The second kappa shape index (κ2) is 4.18. The molecule has 6 heteroatoms. The highest BCUT2D eigenvalue weighted by Gasteiger charge is 2.42. The smallest absolute Gasteiger partial charge is 0.331 e. The molecule has 17 heavy (non-hydrogen) atoms. The van der Waals surface area contributed by atoms with Crippen molar-refractivity contribution in [1.82, 2.24) is 4.98 Å². The van der Waals surface area contributed by atoms with E-state index in [1.54, 1.807) is 20.0 Å². The van der Waals surface area contributed by atoms with E-state index in [1.165, 1.54) is 0 Å². The molecule has 0 bridgehead atoms. The number of nitrogens with one attached hydrogen (secondary N) is 2. The van der Waals surface area contributed by atoms with E-state index >= 15 is 0 Å². The largest absolute Gasteiger partial charge is 0.464 e. The molecule has 1 atom stereocenters. The lowest BCUT2D eigenvalue weighted by Gasteiger charge is -2.22. The number of anilines is 1. The molecule has 0 saturated carbocycles. The summed E-state index contributed by atoms with van der Waals surface area (Å²) in [5.41, 5.74) is 0.158. The van der Waals surface area contributed by atoms with Crippen LogP contribution in [0.25, 0.3) is 0 Å². The fourth-order valence-electron chi connectivity index (χ4n) is 1.94. The van der Waals surface area contributed by atoms with Crippen LogP contribution in [0.3, 0.4) is 0 Å². The minimum absolute atomic E-state index is 0.226. The molecule has 0 saturated heterocycles. The first kappa shape index (κ1) is 12.2. The van der Waals surface area contributed by atoms with Crippen LogP contribution in [0.2, 0.25) is 0 Å². The molecule has 0 fully saturated rings. The third-order valence-corrected chi connectivity index (χ3v) is 3.51. The average Bonchev–Trinajstić information content (AvgIpc) is 2.65. The highest BCUT2D eigenvalue weighted by Crippen LogP contribution is 2.34. The van der Waals surface area contributed by atoms with Crippen LogP contribution in [0.5, 0.6) is 0 Å². The van der Waals surface area contributed by atoms with Crippen LogP contribution in [-0.4, -0.2) is 23.1 Å². The first-order chi connectivity index (χ1) is 7.98. The van der Waals surface area contributed by atoms with Crippen molar-refractivity contribution in [2.24, 2.45) is 0 Å². The molecule has 2 heterocycles. The summed E-state index contributed by atoms with van der Waals surface area (Å²) in [6.07, 6.45) is 2.02. The lowest BCUT2D eigenvalue weighted by atomic mass is 9.98. The minimum Gasteiger partial charge on any atom is -0.464 e. The van der Waals surface area contributed by atoms with Gasteiger partial charge in [-0.3, -0.25) is 4.79 Å². The Morgan fingerprint density at radius 3 is 2.94 bits per heavy atom. The van der Waals surface area contributed by atoms with E-state index in [0.717, 1.165) is 10.0 Å². The van der Waals surface area contributed by atoms with E-state index in [0.29, 0.717) is 18.7 Å². The van der Waals surface area contributed by atoms with Gasteiger partial charge < -0.3 is 15.0 Å². The van der Waals surface area contributed by atoms with E-state index < -0.39 is 5.54 Å². The molecule has 2 N–H and O–H groups in total. The zero-order chi connectivity index (χ0) is 12.6. The predicted molar refractivity (Wildman–Crippen MR) is 67.1 cm³/mol.